The van der Waals surface area contributed by atoms with Crippen molar-refractivity contribution in [1.82, 2.24) is 0 Å². The molecule has 66 valence electrons. The van der Waals surface area contributed by atoms with Crippen LogP contribution in [0.2, 0.25) is 0 Å². The number of carbonyl (C=O) groups is 1. The normalized spacial score (nSPS) is 10.8. The molecule has 0 aliphatic carbocycles. The smallest absolute Gasteiger partial charge is 0.252 e. The summed E-state index contributed by atoms with van der Waals surface area (Å²) in [7, 11) is 0.497. The van der Waals surface area contributed by atoms with E-state index in [0.717, 1.165) is 18.1 Å². The first-order chi connectivity index (χ1) is 5.70. The fourth-order valence-electron chi connectivity index (χ4n) is 1.43. The van der Waals surface area contributed by atoms with Gasteiger partial charge in [-0.05, 0) is 29.8 Å². The first-order valence-corrected chi connectivity index (χ1v) is 5.27. The zero-order valence-electron chi connectivity index (χ0n) is 7.48. The van der Waals surface area contributed by atoms with Gasteiger partial charge in [-0.1, -0.05) is 13.8 Å². The van der Waals surface area contributed by atoms with Crippen LogP contribution < -0.4 is 5.73 Å². The summed E-state index contributed by atoms with van der Waals surface area (Å²) < 4.78 is 0. The molecule has 1 amide bonds. The highest BCUT2D eigenvalue weighted by Gasteiger charge is 2.10. The SMILES string of the molecule is CCc1c[pH]c(C(N)=O)c1CC. The molecule has 0 bridgehead atoms. The highest BCUT2D eigenvalue weighted by atomic mass is 31.0. The standard InChI is InChI=1S/C9H14NOP/c1-3-6-5-12-8(9(10)11)7(6)4-2/h5,12H,3-4H2,1-2H3,(H2,10,11). The van der Waals surface area contributed by atoms with Crippen molar-refractivity contribution >= 4 is 14.1 Å². The first kappa shape index (κ1) is 9.34. The zero-order valence-corrected chi connectivity index (χ0v) is 8.48. The van der Waals surface area contributed by atoms with E-state index in [1.54, 1.807) is 0 Å². The van der Waals surface area contributed by atoms with Gasteiger partial charge >= 0.3 is 0 Å². The molecule has 0 saturated heterocycles. The number of hydrogen-bond donors (Lipinski definition) is 1. The van der Waals surface area contributed by atoms with Crippen LogP contribution in [0.25, 0.3) is 0 Å². The van der Waals surface area contributed by atoms with Gasteiger partial charge in [0, 0.05) is 0 Å². The van der Waals surface area contributed by atoms with E-state index in [-0.39, 0.29) is 5.91 Å². The number of aryl methyl sites for hydroxylation is 1. The van der Waals surface area contributed by atoms with Crippen molar-refractivity contribution in [1.29, 1.82) is 0 Å². The van der Waals surface area contributed by atoms with Crippen molar-refractivity contribution in [3.8, 4) is 0 Å². The molecule has 0 aliphatic rings. The van der Waals surface area contributed by atoms with Crippen molar-refractivity contribution in [2.75, 3.05) is 0 Å². The van der Waals surface area contributed by atoms with Gasteiger partial charge in [0.25, 0.3) is 5.91 Å². The minimum atomic E-state index is -0.245. The van der Waals surface area contributed by atoms with E-state index in [4.69, 9.17) is 5.73 Å². The zero-order chi connectivity index (χ0) is 9.14. The van der Waals surface area contributed by atoms with E-state index in [2.05, 4.69) is 19.6 Å². The number of amides is 1. The van der Waals surface area contributed by atoms with Crippen LogP contribution in [0.4, 0.5) is 0 Å². The predicted octanol–water partition coefficient (Wildman–Crippen LogP) is 1.94. The molecule has 0 aromatic carbocycles. The fourth-order valence-corrected chi connectivity index (χ4v) is 2.78. The minimum absolute atomic E-state index is 0.245. The van der Waals surface area contributed by atoms with Gasteiger partial charge in [-0.15, -0.1) is 8.19 Å². The molecule has 1 aromatic heterocycles. The summed E-state index contributed by atoms with van der Waals surface area (Å²) in [4.78, 5) is 11.0. The Hall–Kier alpha value is -0.750. The van der Waals surface area contributed by atoms with Crippen LogP contribution in [0.5, 0.6) is 0 Å². The quantitative estimate of drug-likeness (QED) is 0.764. The second-order valence-corrected chi connectivity index (χ2v) is 3.82. The molecular weight excluding hydrogens is 169 g/mol. The summed E-state index contributed by atoms with van der Waals surface area (Å²) >= 11 is 0. The fraction of sp³-hybridized carbons (Fsp3) is 0.444. The van der Waals surface area contributed by atoms with Crippen molar-refractivity contribution in [3.05, 3.63) is 22.2 Å². The van der Waals surface area contributed by atoms with Gasteiger partial charge in [0.15, 0.2) is 0 Å². The van der Waals surface area contributed by atoms with Crippen molar-refractivity contribution in [2.24, 2.45) is 5.73 Å². The van der Waals surface area contributed by atoms with Crippen LogP contribution in [0.15, 0.2) is 5.80 Å². The second-order valence-electron chi connectivity index (χ2n) is 2.74. The van der Waals surface area contributed by atoms with E-state index in [0.29, 0.717) is 8.19 Å². The Balaban J connectivity index is 3.13. The molecule has 1 heterocycles. The number of nitrogens with two attached hydrogens (primary N) is 1. The summed E-state index contributed by atoms with van der Waals surface area (Å²) in [6, 6.07) is 0. The predicted molar refractivity (Wildman–Crippen MR) is 53.2 cm³/mol. The van der Waals surface area contributed by atoms with Gasteiger partial charge in [0.2, 0.25) is 0 Å². The van der Waals surface area contributed by atoms with Gasteiger partial charge in [-0.2, -0.15) is 0 Å². The lowest BCUT2D eigenvalue weighted by Crippen LogP contribution is -2.11. The minimum Gasteiger partial charge on any atom is -0.365 e. The lowest BCUT2D eigenvalue weighted by atomic mass is 10.1. The molecular formula is C9H14NOP. The largest absolute Gasteiger partial charge is 0.365 e. The summed E-state index contributed by atoms with van der Waals surface area (Å²) in [6.07, 6.45) is 1.93. The Morgan fingerprint density at radius 3 is 2.58 bits per heavy atom. The molecule has 2 N–H and O–H groups in total. The van der Waals surface area contributed by atoms with E-state index in [9.17, 15) is 4.79 Å². The topological polar surface area (TPSA) is 43.1 Å². The summed E-state index contributed by atoms with van der Waals surface area (Å²) in [5.41, 5.74) is 7.75. The molecule has 0 saturated carbocycles. The van der Waals surface area contributed by atoms with Gasteiger partial charge in [-0.25, -0.2) is 0 Å². The van der Waals surface area contributed by atoms with Gasteiger partial charge < -0.3 is 5.73 Å². The molecule has 1 rings (SSSR count). The summed E-state index contributed by atoms with van der Waals surface area (Å²) in [5.74, 6) is 1.89. The molecule has 1 atom stereocenters. The van der Waals surface area contributed by atoms with E-state index in [1.807, 2.05) is 0 Å². The molecule has 2 nitrogen and oxygen atoms in total. The van der Waals surface area contributed by atoms with Crippen LogP contribution in [0.1, 0.15) is 35.1 Å². The lowest BCUT2D eigenvalue weighted by Gasteiger charge is -1.99. The van der Waals surface area contributed by atoms with Gasteiger partial charge in [-0.3, -0.25) is 4.79 Å². The molecule has 1 aromatic rings. The average molecular weight is 183 g/mol. The van der Waals surface area contributed by atoms with Crippen LogP contribution in [-0.2, 0) is 12.8 Å². The van der Waals surface area contributed by atoms with E-state index >= 15 is 0 Å². The third-order valence-corrected chi connectivity index (χ3v) is 3.39. The second kappa shape index (κ2) is 3.77. The van der Waals surface area contributed by atoms with Crippen LogP contribution in [-0.4, -0.2) is 5.91 Å². The Morgan fingerprint density at radius 1 is 1.50 bits per heavy atom. The maximum atomic E-state index is 11.0. The molecule has 0 radical (unpaired) electrons. The number of carbonyl (C=O) groups excluding carboxylic acids is 1. The molecule has 3 heteroatoms. The summed E-state index contributed by atoms with van der Waals surface area (Å²) in [6.45, 7) is 4.17. The Bertz CT molecular complexity index is 291. The average Bonchev–Trinajstić information content (AvgIpc) is 2.46. The lowest BCUT2D eigenvalue weighted by molar-refractivity contribution is 0.100. The molecule has 0 spiro atoms. The maximum absolute atomic E-state index is 11.0. The Morgan fingerprint density at radius 2 is 2.17 bits per heavy atom. The van der Waals surface area contributed by atoms with Gasteiger partial charge in [0.05, 0.1) is 5.30 Å². The number of rotatable bonds is 3. The van der Waals surface area contributed by atoms with Crippen LogP contribution in [0.3, 0.4) is 0 Å². The third kappa shape index (κ3) is 1.54. The molecule has 1 unspecified atom stereocenters. The third-order valence-electron chi connectivity index (χ3n) is 2.06. The molecule has 12 heavy (non-hydrogen) atoms. The van der Waals surface area contributed by atoms with Crippen LogP contribution >= 0.6 is 8.19 Å². The number of primary amides is 1. The summed E-state index contributed by atoms with van der Waals surface area (Å²) in [5, 5.41) is 0.842. The van der Waals surface area contributed by atoms with E-state index in [1.165, 1.54) is 11.1 Å². The van der Waals surface area contributed by atoms with Crippen molar-refractivity contribution in [3.63, 3.8) is 0 Å². The Labute approximate surface area is 74.2 Å². The van der Waals surface area contributed by atoms with Crippen molar-refractivity contribution < 1.29 is 4.79 Å². The highest BCUT2D eigenvalue weighted by molar-refractivity contribution is 7.32. The van der Waals surface area contributed by atoms with E-state index < -0.39 is 0 Å². The molecule has 0 fully saturated rings. The Kier molecular flexibility index (Phi) is 2.93. The first-order valence-electron chi connectivity index (χ1n) is 4.19. The monoisotopic (exact) mass is 183 g/mol. The number of hydrogen-bond acceptors (Lipinski definition) is 1. The molecule has 0 aliphatic heterocycles. The maximum Gasteiger partial charge on any atom is 0.252 e. The van der Waals surface area contributed by atoms with Crippen molar-refractivity contribution in [2.45, 2.75) is 26.7 Å². The van der Waals surface area contributed by atoms with Crippen LogP contribution in [0, 0.1) is 0 Å². The van der Waals surface area contributed by atoms with Gasteiger partial charge in [0.1, 0.15) is 0 Å². The highest BCUT2D eigenvalue weighted by Crippen LogP contribution is 2.27.